The summed E-state index contributed by atoms with van der Waals surface area (Å²) in [5.41, 5.74) is 7.61. The maximum absolute atomic E-state index is 2.49. The van der Waals surface area contributed by atoms with Gasteiger partial charge in [0.1, 0.15) is 0 Å². The monoisotopic (exact) mass is 862 g/mol. The third-order valence-corrected chi connectivity index (χ3v) is 15.9. The molecule has 0 bridgehead atoms. The fourth-order valence-corrected chi connectivity index (χ4v) is 12.9. The van der Waals surface area contributed by atoms with Crippen molar-refractivity contribution in [2.75, 3.05) is 0 Å². The van der Waals surface area contributed by atoms with Crippen molar-refractivity contribution in [1.82, 2.24) is 0 Å². The first-order valence-electron chi connectivity index (χ1n) is 23.2. The van der Waals surface area contributed by atoms with Crippen LogP contribution in [0.15, 0.2) is 231 Å². The maximum Gasteiger partial charge on any atom is 0.0362 e. The van der Waals surface area contributed by atoms with E-state index in [2.05, 4.69) is 231 Å². The van der Waals surface area contributed by atoms with Gasteiger partial charge in [0.25, 0.3) is 0 Å². The largest absolute Gasteiger partial charge is 0.135 e. The quantitative estimate of drug-likeness (QED) is 0.123. The van der Waals surface area contributed by atoms with E-state index in [4.69, 9.17) is 0 Å². The number of benzene rings is 14. The van der Waals surface area contributed by atoms with Gasteiger partial charge in [0.05, 0.1) is 0 Å². The van der Waals surface area contributed by atoms with Crippen LogP contribution in [0.3, 0.4) is 0 Å². The van der Waals surface area contributed by atoms with E-state index in [0.29, 0.717) is 0 Å². The summed E-state index contributed by atoms with van der Waals surface area (Å²) in [6, 6.07) is 86.7. The molecule has 0 aliphatic heterocycles. The third-order valence-electron chi connectivity index (χ3n) is 14.7. The minimum atomic E-state index is 1.24. The van der Waals surface area contributed by atoms with Crippen molar-refractivity contribution in [1.29, 1.82) is 0 Å². The zero-order valence-corrected chi connectivity index (χ0v) is 37.2. The van der Waals surface area contributed by atoms with Crippen molar-refractivity contribution in [3.63, 3.8) is 0 Å². The molecule has 0 saturated heterocycles. The van der Waals surface area contributed by atoms with Crippen molar-refractivity contribution in [3.05, 3.63) is 231 Å². The van der Waals surface area contributed by atoms with Gasteiger partial charge in [-0.25, -0.2) is 0 Å². The van der Waals surface area contributed by atoms with Gasteiger partial charge in [-0.1, -0.05) is 188 Å². The highest BCUT2D eigenvalue weighted by molar-refractivity contribution is 7.25. The Morgan fingerprint density at radius 1 is 0.179 bits per heavy atom. The van der Waals surface area contributed by atoms with Crippen LogP contribution in [0.4, 0.5) is 0 Å². The van der Waals surface area contributed by atoms with Crippen molar-refractivity contribution >= 4 is 128 Å². The Kier molecular flexibility index (Phi) is 7.75. The van der Waals surface area contributed by atoms with Crippen LogP contribution in [-0.4, -0.2) is 0 Å². The van der Waals surface area contributed by atoms with Crippen molar-refractivity contribution in [3.8, 4) is 33.4 Å². The number of hydrogen-bond donors (Lipinski definition) is 0. The summed E-state index contributed by atoms with van der Waals surface area (Å²) in [5.74, 6) is 0. The van der Waals surface area contributed by atoms with Gasteiger partial charge in [-0.15, -0.1) is 11.3 Å². The highest BCUT2D eigenvalue weighted by Crippen LogP contribution is 2.51. The molecule has 1 heterocycles. The van der Waals surface area contributed by atoms with E-state index in [-0.39, 0.29) is 0 Å². The molecule has 1 aromatic heterocycles. The Balaban J connectivity index is 1.00. The minimum absolute atomic E-state index is 1.24. The van der Waals surface area contributed by atoms with Gasteiger partial charge in [-0.3, -0.25) is 0 Å². The molecule has 308 valence electrons. The standard InChI is InChI=1S/C66H38S/c1-2-16-40-33-43(30-29-39(40)15-1)63-47-21-7-11-25-51(47)65(52-26-12-8-22-48(52)63)66-53-27-13-9-23-49(53)64(50-24-10-14-28-54(50)66)44-31-32-61-59(36-44)60-37-57-56-35-42-18-4-3-17-41(42)34-55(56)45-19-5-6-20-46(45)58(57)38-62(60)67-61/h1-38H. The summed E-state index contributed by atoms with van der Waals surface area (Å²) < 4.78 is 2.63. The first-order chi connectivity index (χ1) is 33.2. The minimum Gasteiger partial charge on any atom is -0.135 e. The van der Waals surface area contributed by atoms with Gasteiger partial charge in [-0.2, -0.15) is 0 Å². The Labute approximate surface area is 390 Å². The molecule has 0 amide bonds. The predicted octanol–water partition coefficient (Wildman–Crippen LogP) is 19.4. The van der Waals surface area contributed by atoms with Crippen molar-refractivity contribution in [2.24, 2.45) is 0 Å². The predicted molar refractivity (Wildman–Crippen MR) is 293 cm³/mol. The molecule has 0 nitrogen and oxygen atoms in total. The van der Waals surface area contributed by atoms with Gasteiger partial charge < -0.3 is 0 Å². The zero-order valence-electron chi connectivity index (χ0n) is 36.3. The van der Waals surface area contributed by atoms with E-state index in [1.165, 1.54) is 151 Å². The van der Waals surface area contributed by atoms with Gasteiger partial charge >= 0.3 is 0 Å². The molecular weight excluding hydrogens is 825 g/mol. The number of rotatable bonds is 3. The lowest BCUT2D eigenvalue weighted by Crippen LogP contribution is -1.94. The maximum atomic E-state index is 2.49. The van der Waals surface area contributed by atoms with Crippen LogP contribution in [0.5, 0.6) is 0 Å². The van der Waals surface area contributed by atoms with Crippen LogP contribution in [0, 0.1) is 0 Å². The molecule has 0 unspecified atom stereocenters. The zero-order chi connectivity index (χ0) is 43.7. The van der Waals surface area contributed by atoms with Crippen LogP contribution in [-0.2, 0) is 0 Å². The average Bonchev–Trinajstić information content (AvgIpc) is 3.75. The lowest BCUT2D eigenvalue weighted by molar-refractivity contribution is 1.68. The second kappa shape index (κ2) is 14.1. The molecule has 0 atom stereocenters. The van der Waals surface area contributed by atoms with Gasteiger partial charge in [0.2, 0.25) is 0 Å². The molecule has 67 heavy (non-hydrogen) atoms. The fourth-order valence-electron chi connectivity index (χ4n) is 11.8. The van der Waals surface area contributed by atoms with Crippen LogP contribution < -0.4 is 0 Å². The third kappa shape index (κ3) is 5.35. The molecule has 15 rings (SSSR count). The van der Waals surface area contributed by atoms with Gasteiger partial charge in [0, 0.05) is 20.2 Å². The Morgan fingerprint density at radius 2 is 0.522 bits per heavy atom. The Bertz CT molecular complexity index is 4510. The average molecular weight is 863 g/mol. The molecule has 15 aromatic rings. The lowest BCUT2D eigenvalue weighted by atomic mass is 9.81. The highest BCUT2D eigenvalue weighted by atomic mass is 32.1. The van der Waals surface area contributed by atoms with E-state index >= 15 is 0 Å². The number of hydrogen-bond acceptors (Lipinski definition) is 1. The van der Waals surface area contributed by atoms with E-state index in [1.54, 1.807) is 0 Å². The molecule has 14 aromatic carbocycles. The summed E-state index contributed by atoms with van der Waals surface area (Å²) in [4.78, 5) is 0. The van der Waals surface area contributed by atoms with Crippen molar-refractivity contribution in [2.45, 2.75) is 0 Å². The normalized spacial score (nSPS) is 12.2. The van der Waals surface area contributed by atoms with E-state index in [0.717, 1.165) is 0 Å². The van der Waals surface area contributed by atoms with Gasteiger partial charge in [-0.05, 0) is 173 Å². The molecule has 1 heteroatoms. The summed E-state index contributed by atoms with van der Waals surface area (Å²) in [5, 5.41) is 25.6. The Morgan fingerprint density at radius 3 is 1.03 bits per heavy atom. The number of thiophene rings is 1. The molecule has 0 spiro atoms. The second-order valence-corrected chi connectivity index (χ2v) is 19.3. The summed E-state index contributed by atoms with van der Waals surface area (Å²) in [7, 11) is 0. The molecule has 0 aliphatic rings. The molecule has 0 N–H and O–H groups in total. The van der Waals surface area contributed by atoms with Crippen LogP contribution in [0.25, 0.3) is 151 Å². The van der Waals surface area contributed by atoms with E-state index in [1.807, 2.05) is 11.3 Å². The molecule has 0 aliphatic carbocycles. The fraction of sp³-hybridized carbons (Fsp3) is 0. The van der Waals surface area contributed by atoms with Gasteiger partial charge in [0.15, 0.2) is 0 Å². The summed E-state index contributed by atoms with van der Waals surface area (Å²) in [6.45, 7) is 0. The number of fused-ring (bicyclic) bond motifs is 15. The molecule has 0 radical (unpaired) electrons. The second-order valence-electron chi connectivity index (χ2n) is 18.2. The molecular formula is C66H38S. The van der Waals surface area contributed by atoms with Crippen molar-refractivity contribution < 1.29 is 0 Å². The summed E-state index contributed by atoms with van der Waals surface area (Å²) in [6.07, 6.45) is 0. The first-order valence-corrected chi connectivity index (χ1v) is 24.1. The first kappa shape index (κ1) is 36.9. The van der Waals surface area contributed by atoms with Crippen LogP contribution in [0.1, 0.15) is 0 Å². The Hall–Kier alpha value is -8.36. The SMILES string of the molecule is c1ccc2cc(-c3c4ccccc4c(-c4c5ccccc5c(-c5ccc6sc7cc8c9ccccc9c9cc%10ccccc%10cc9c8cc7c6c5)c5ccccc45)c4ccccc34)ccc2c1. The smallest absolute Gasteiger partial charge is 0.0362 e. The lowest BCUT2D eigenvalue weighted by Gasteiger charge is -2.22. The highest BCUT2D eigenvalue weighted by Gasteiger charge is 2.23. The van der Waals surface area contributed by atoms with E-state index < -0.39 is 0 Å². The molecule has 0 saturated carbocycles. The topological polar surface area (TPSA) is 0 Å². The van der Waals surface area contributed by atoms with E-state index in [9.17, 15) is 0 Å². The van der Waals surface area contributed by atoms with Crippen LogP contribution >= 0.6 is 11.3 Å². The van der Waals surface area contributed by atoms with Crippen LogP contribution in [0.2, 0.25) is 0 Å². The summed E-state index contributed by atoms with van der Waals surface area (Å²) >= 11 is 1.91. The molecule has 0 fully saturated rings.